The standard InChI is InChI=1S/C7H15N3O2/c1-10(2)7(12)5(8)3-4-6(9)11/h5H,3-4,8H2,1-2H3,(H2,9,11)/t5-/m0/s1. The summed E-state index contributed by atoms with van der Waals surface area (Å²) < 4.78 is 0. The predicted molar refractivity (Wildman–Crippen MR) is 45.1 cm³/mol. The Morgan fingerprint density at radius 3 is 2.25 bits per heavy atom. The highest BCUT2D eigenvalue weighted by Gasteiger charge is 2.15. The molecule has 0 heterocycles. The molecule has 0 spiro atoms. The summed E-state index contributed by atoms with van der Waals surface area (Å²) >= 11 is 0. The van der Waals surface area contributed by atoms with Gasteiger partial charge >= 0.3 is 0 Å². The normalized spacial score (nSPS) is 12.2. The van der Waals surface area contributed by atoms with E-state index in [0.29, 0.717) is 6.42 Å². The van der Waals surface area contributed by atoms with Crippen LogP contribution in [0.1, 0.15) is 12.8 Å². The minimum atomic E-state index is -0.618. The van der Waals surface area contributed by atoms with Gasteiger partial charge in [0.15, 0.2) is 0 Å². The van der Waals surface area contributed by atoms with Gasteiger partial charge in [0.1, 0.15) is 0 Å². The van der Waals surface area contributed by atoms with Gasteiger partial charge in [0.2, 0.25) is 11.8 Å². The second kappa shape index (κ2) is 4.71. The van der Waals surface area contributed by atoms with Crippen LogP contribution in [0, 0.1) is 0 Å². The molecule has 0 saturated carbocycles. The average molecular weight is 173 g/mol. The van der Waals surface area contributed by atoms with Crippen LogP contribution in [0.5, 0.6) is 0 Å². The molecule has 0 aromatic carbocycles. The molecule has 4 N–H and O–H groups in total. The minimum Gasteiger partial charge on any atom is -0.370 e. The van der Waals surface area contributed by atoms with Crippen molar-refractivity contribution in [1.29, 1.82) is 0 Å². The van der Waals surface area contributed by atoms with Crippen LogP contribution in [0.3, 0.4) is 0 Å². The fourth-order valence-corrected chi connectivity index (χ4v) is 0.753. The molecule has 0 radical (unpaired) electrons. The quantitative estimate of drug-likeness (QED) is 0.551. The second-order valence-corrected chi connectivity index (χ2v) is 2.84. The molecule has 0 aliphatic carbocycles. The zero-order valence-corrected chi connectivity index (χ0v) is 7.41. The van der Waals surface area contributed by atoms with Crippen molar-refractivity contribution in [3.05, 3.63) is 0 Å². The van der Waals surface area contributed by atoms with Gasteiger partial charge in [-0.3, -0.25) is 9.59 Å². The van der Waals surface area contributed by atoms with E-state index in [1.807, 2.05) is 0 Å². The number of nitrogens with two attached hydrogens (primary N) is 2. The first-order chi connectivity index (χ1) is 5.45. The third-order valence-electron chi connectivity index (χ3n) is 1.46. The average Bonchev–Trinajstić information content (AvgIpc) is 1.98. The van der Waals surface area contributed by atoms with Gasteiger partial charge in [0, 0.05) is 20.5 Å². The van der Waals surface area contributed by atoms with Crippen molar-refractivity contribution in [2.45, 2.75) is 18.9 Å². The fraction of sp³-hybridized carbons (Fsp3) is 0.714. The van der Waals surface area contributed by atoms with Crippen molar-refractivity contribution in [2.75, 3.05) is 14.1 Å². The van der Waals surface area contributed by atoms with Gasteiger partial charge < -0.3 is 16.4 Å². The highest BCUT2D eigenvalue weighted by molar-refractivity contribution is 5.82. The number of hydrogen-bond acceptors (Lipinski definition) is 3. The second-order valence-electron chi connectivity index (χ2n) is 2.84. The van der Waals surface area contributed by atoms with Crippen LogP contribution in [0.15, 0.2) is 0 Å². The molecular formula is C7H15N3O2. The van der Waals surface area contributed by atoms with Gasteiger partial charge in [-0.15, -0.1) is 0 Å². The summed E-state index contributed by atoms with van der Waals surface area (Å²) in [5, 5.41) is 0. The molecule has 1 atom stereocenters. The third-order valence-corrected chi connectivity index (χ3v) is 1.46. The maximum Gasteiger partial charge on any atom is 0.238 e. The molecule has 0 rings (SSSR count). The minimum absolute atomic E-state index is 0.154. The smallest absolute Gasteiger partial charge is 0.238 e. The summed E-state index contributed by atoms with van der Waals surface area (Å²) in [6.07, 6.45) is 0.465. The van der Waals surface area contributed by atoms with Crippen molar-refractivity contribution in [1.82, 2.24) is 4.90 Å². The molecule has 70 valence electrons. The van der Waals surface area contributed by atoms with Crippen LogP contribution in [-0.4, -0.2) is 36.9 Å². The number of amides is 2. The Hall–Kier alpha value is -1.10. The lowest BCUT2D eigenvalue weighted by atomic mass is 10.1. The molecular weight excluding hydrogens is 158 g/mol. The van der Waals surface area contributed by atoms with Crippen LogP contribution in [-0.2, 0) is 9.59 Å². The molecule has 0 aromatic rings. The van der Waals surface area contributed by atoms with E-state index in [4.69, 9.17) is 11.5 Å². The van der Waals surface area contributed by atoms with Gasteiger partial charge in [-0.25, -0.2) is 0 Å². The molecule has 0 fully saturated rings. The van der Waals surface area contributed by atoms with Crippen molar-refractivity contribution in [3.8, 4) is 0 Å². The number of primary amides is 1. The molecule has 0 aliphatic heterocycles. The van der Waals surface area contributed by atoms with Crippen LogP contribution < -0.4 is 11.5 Å². The Balaban J connectivity index is 3.79. The van der Waals surface area contributed by atoms with E-state index >= 15 is 0 Å². The lowest BCUT2D eigenvalue weighted by Crippen LogP contribution is -2.40. The van der Waals surface area contributed by atoms with Crippen molar-refractivity contribution in [2.24, 2.45) is 11.5 Å². The lowest BCUT2D eigenvalue weighted by molar-refractivity contribution is -0.130. The SMILES string of the molecule is CN(C)C(=O)[C@@H](N)CCC(N)=O. The number of nitrogens with zero attached hydrogens (tertiary/aromatic N) is 1. The lowest BCUT2D eigenvalue weighted by Gasteiger charge is -2.15. The highest BCUT2D eigenvalue weighted by Crippen LogP contribution is 1.96. The van der Waals surface area contributed by atoms with Crippen LogP contribution in [0.4, 0.5) is 0 Å². The molecule has 0 bridgehead atoms. The first-order valence-electron chi connectivity index (χ1n) is 3.70. The predicted octanol–water partition coefficient (Wildman–Crippen LogP) is -1.33. The maximum atomic E-state index is 11.1. The summed E-state index contributed by atoms with van der Waals surface area (Å²) in [5.41, 5.74) is 10.4. The Morgan fingerprint density at radius 2 is 1.92 bits per heavy atom. The number of carbonyl (C=O) groups excluding carboxylic acids is 2. The Labute approximate surface area is 71.7 Å². The van der Waals surface area contributed by atoms with E-state index in [1.165, 1.54) is 4.90 Å². The van der Waals surface area contributed by atoms with Crippen molar-refractivity contribution >= 4 is 11.8 Å². The van der Waals surface area contributed by atoms with E-state index < -0.39 is 11.9 Å². The van der Waals surface area contributed by atoms with Gasteiger partial charge in [-0.2, -0.15) is 0 Å². The maximum absolute atomic E-state index is 11.1. The molecule has 0 aromatic heterocycles. The summed E-state index contributed by atoms with van der Waals surface area (Å²) in [6.45, 7) is 0. The molecule has 0 aliphatic rings. The molecule has 2 amide bonds. The molecule has 5 nitrogen and oxygen atoms in total. The number of likely N-dealkylation sites (N-methyl/N-ethyl adjacent to an activating group) is 1. The first-order valence-corrected chi connectivity index (χ1v) is 3.70. The van der Waals surface area contributed by atoms with Crippen LogP contribution >= 0.6 is 0 Å². The number of carbonyl (C=O) groups is 2. The number of hydrogen-bond donors (Lipinski definition) is 2. The van der Waals surface area contributed by atoms with E-state index in [0.717, 1.165) is 0 Å². The Bertz CT molecular complexity index is 179. The summed E-state index contributed by atoms with van der Waals surface area (Å²) in [7, 11) is 3.24. The Kier molecular flexibility index (Phi) is 4.28. The first kappa shape index (κ1) is 10.9. The van der Waals surface area contributed by atoms with E-state index in [-0.39, 0.29) is 12.3 Å². The number of rotatable bonds is 4. The largest absolute Gasteiger partial charge is 0.370 e. The van der Waals surface area contributed by atoms with E-state index in [1.54, 1.807) is 14.1 Å². The van der Waals surface area contributed by atoms with Crippen molar-refractivity contribution in [3.63, 3.8) is 0 Å². The zero-order valence-electron chi connectivity index (χ0n) is 7.41. The molecule has 12 heavy (non-hydrogen) atoms. The molecule has 5 heteroatoms. The van der Waals surface area contributed by atoms with E-state index in [9.17, 15) is 9.59 Å². The van der Waals surface area contributed by atoms with Gasteiger partial charge in [-0.05, 0) is 6.42 Å². The van der Waals surface area contributed by atoms with E-state index in [2.05, 4.69) is 0 Å². The molecule has 0 unspecified atom stereocenters. The molecule has 0 saturated heterocycles. The van der Waals surface area contributed by atoms with Gasteiger partial charge in [-0.1, -0.05) is 0 Å². The van der Waals surface area contributed by atoms with Crippen LogP contribution in [0.2, 0.25) is 0 Å². The zero-order chi connectivity index (χ0) is 9.72. The topological polar surface area (TPSA) is 89.4 Å². The van der Waals surface area contributed by atoms with Gasteiger partial charge in [0.05, 0.1) is 6.04 Å². The van der Waals surface area contributed by atoms with Gasteiger partial charge in [0.25, 0.3) is 0 Å². The van der Waals surface area contributed by atoms with Crippen molar-refractivity contribution < 1.29 is 9.59 Å². The monoisotopic (exact) mass is 173 g/mol. The third kappa shape index (κ3) is 3.92. The summed E-state index contributed by atoms with van der Waals surface area (Å²) in [4.78, 5) is 22.8. The van der Waals surface area contributed by atoms with Crippen LogP contribution in [0.25, 0.3) is 0 Å². The summed E-state index contributed by atoms with van der Waals surface area (Å²) in [6, 6.07) is -0.618. The Morgan fingerprint density at radius 1 is 1.42 bits per heavy atom. The highest BCUT2D eigenvalue weighted by atomic mass is 16.2. The summed E-state index contributed by atoms with van der Waals surface area (Å²) in [5.74, 6) is -0.617. The fourth-order valence-electron chi connectivity index (χ4n) is 0.753.